The smallest absolute Gasteiger partial charge is 0.410 e. The fourth-order valence-electron chi connectivity index (χ4n) is 4.31. The van der Waals surface area contributed by atoms with Crippen molar-refractivity contribution < 1.29 is 19.4 Å². The monoisotopic (exact) mass is 365 g/mol. The van der Waals surface area contributed by atoms with Gasteiger partial charge in [-0.3, -0.25) is 4.90 Å². The van der Waals surface area contributed by atoms with Crippen LogP contribution in [0.4, 0.5) is 4.79 Å². The number of fused-ring (bicyclic) bond motifs is 3. The molecule has 0 spiro atoms. The van der Waals surface area contributed by atoms with Crippen LogP contribution in [0.25, 0.3) is 11.1 Å². The van der Waals surface area contributed by atoms with Crippen LogP contribution in [0.3, 0.4) is 0 Å². The van der Waals surface area contributed by atoms with Crippen molar-refractivity contribution in [2.75, 3.05) is 13.2 Å². The van der Waals surface area contributed by atoms with E-state index < -0.39 is 17.6 Å². The van der Waals surface area contributed by atoms with Crippen molar-refractivity contribution >= 4 is 12.1 Å². The molecule has 1 unspecified atom stereocenters. The molecule has 140 valence electrons. The number of piperidine rings is 1. The first-order valence-corrected chi connectivity index (χ1v) is 9.38. The molecule has 1 amide bonds. The number of carboxylic acids is 1. The predicted molar refractivity (Wildman–Crippen MR) is 102 cm³/mol. The van der Waals surface area contributed by atoms with Gasteiger partial charge in [0.2, 0.25) is 0 Å². The highest BCUT2D eigenvalue weighted by Crippen LogP contribution is 2.44. The molecule has 1 aliphatic heterocycles. The van der Waals surface area contributed by atoms with Crippen LogP contribution >= 0.6 is 0 Å². The predicted octanol–water partition coefficient (Wildman–Crippen LogP) is 4.26. The summed E-state index contributed by atoms with van der Waals surface area (Å²) in [4.78, 5) is 25.8. The zero-order chi connectivity index (χ0) is 19.0. The SMILES string of the molecule is CC1(C(=O)O)CCCCN1C(=O)OCC1c2ccccc2-c2ccccc21. The number of amides is 1. The molecule has 2 aromatic rings. The Kier molecular flexibility index (Phi) is 4.38. The van der Waals surface area contributed by atoms with Crippen LogP contribution in [0, 0.1) is 0 Å². The number of carboxylic acid groups (broad SMARTS) is 1. The van der Waals surface area contributed by atoms with Gasteiger partial charge in [0.1, 0.15) is 12.1 Å². The summed E-state index contributed by atoms with van der Waals surface area (Å²) in [5.41, 5.74) is 3.43. The number of aliphatic carboxylic acids is 1. The lowest BCUT2D eigenvalue weighted by atomic mass is 9.89. The van der Waals surface area contributed by atoms with Crippen LogP contribution in [-0.2, 0) is 9.53 Å². The Morgan fingerprint density at radius 3 is 2.26 bits per heavy atom. The molecule has 1 atom stereocenters. The van der Waals surface area contributed by atoms with Crippen molar-refractivity contribution in [2.45, 2.75) is 37.6 Å². The van der Waals surface area contributed by atoms with E-state index in [-0.39, 0.29) is 12.5 Å². The van der Waals surface area contributed by atoms with Gasteiger partial charge in [-0.1, -0.05) is 48.5 Å². The molecular weight excluding hydrogens is 342 g/mol. The van der Waals surface area contributed by atoms with E-state index in [1.807, 2.05) is 24.3 Å². The van der Waals surface area contributed by atoms with Crippen LogP contribution < -0.4 is 0 Å². The number of carbonyl (C=O) groups is 2. The molecule has 1 fully saturated rings. The minimum absolute atomic E-state index is 0.0257. The van der Waals surface area contributed by atoms with E-state index in [2.05, 4.69) is 24.3 Å². The molecule has 1 heterocycles. The summed E-state index contributed by atoms with van der Waals surface area (Å²) in [6.45, 7) is 2.23. The number of hydrogen-bond acceptors (Lipinski definition) is 3. The van der Waals surface area contributed by atoms with E-state index in [1.54, 1.807) is 6.92 Å². The minimum Gasteiger partial charge on any atom is -0.480 e. The molecule has 5 nitrogen and oxygen atoms in total. The Labute approximate surface area is 158 Å². The van der Waals surface area contributed by atoms with Crippen molar-refractivity contribution in [3.63, 3.8) is 0 Å². The number of hydrogen-bond donors (Lipinski definition) is 1. The number of carbonyl (C=O) groups excluding carboxylic acids is 1. The summed E-state index contributed by atoms with van der Waals surface area (Å²) < 4.78 is 5.65. The maximum Gasteiger partial charge on any atom is 0.410 e. The second-order valence-electron chi connectivity index (χ2n) is 7.49. The zero-order valence-corrected chi connectivity index (χ0v) is 15.4. The fraction of sp³-hybridized carbons (Fsp3) is 0.364. The summed E-state index contributed by atoms with van der Waals surface area (Å²) in [7, 11) is 0. The van der Waals surface area contributed by atoms with Gasteiger partial charge in [0.15, 0.2) is 0 Å². The van der Waals surface area contributed by atoms with E-state index in [0.717, 1.165) is 24.0 Å². The van der Waals surface area contributed by atoms with Gasteiger partial charge in [-0.25, -0.2) is 9.59 Å². The molecule has 27 heavy (non-hydrogen) atoms. The lowest BCUT2D eigenvalue weighted by molar-refractivity contribution is -0.151. The highest BCUT2D eigenvalue weighted by molar-refractivity contribution is 5.84. The van der Waals surface area contributed by atoms with E-state index in [0.29, 0.717) is 13.0 Å². The topological polar surface area (TPSA) is 66.8 Å². The quantitative estimate of drug-likeness (QED) is 0.882. The van der Waals surface area contributed by atoms with Gasteiger partial charge in [0.25, 0.3) is 0 Å². The van der Waals surface area contributed by atoms with E-state index in [1.165, 1.54) is 16.0 Å². The molecule has 5 heteroatoms. The molecule has 1 N–H and O–H groups in total. The van der Waals surface area contributed by atoms with E-state index in [4.69, 9.17) is 4.74 Å². The number of benzene rings is 2. The van der Waals surface area contributed by atoms with Crippen molar-refractivity contribution in [3.05, 3.63) is 59.7 Å². The molecule has 4 rings (SSSR count). The van der Waals surface area contributed by atoms with E-state index >= 15 is 0 Å². The first-order valence-electron chi connectivity index (χ1n) is 9.38. The normalized spacial score (nSPS) is 21.4. The molecular formula is C22H23NO4. The zero-order valence-electron chi connectivity index (χ0n) is 15.4. The highest BCUT2D eigenvalue weighted by atomic mass is 16.6. The molecule has 1 saturated heterocycles. The summed E-state index contributed by atoms with van der Waals surface area (Å²) in [6.07, 6.45) is 1.51. The Morgan fingerprint density at radius 1 is 1.07 bits per heavy atom. The lowest BCUT2D eigenvalue weighted by Gasteiger charge is -2.40. The molecule has 0 bridgehead atoms. The Bertz CT molecular complexity index is 848. The molecule has 0 saturated carbocycles. The second-order valence-corrected chi connectivity index (χ2v) is 7.49. The minimum atomic E-state index is -1.19. The summed E-state index contributed by atoms with van der Waals surface area (Å²) in [6, 6.07) is 16.3. The molecule has 1 aliphatic carbocycles. The first-order chi connectivity index (χ1) is 13.0. The van der Waals surface area contributed by atoms with Crippen molar-refractivity contribution in [1.29, 1.82) is 0 Å². The van der Waals surface area contributed by atoms with Gasteiger partial charge in [0, 0.05) is 12.5 Å². The third kappa shape index (κ3) is 2.87. The standard InChI is InChI=1S/C22H23NO4/c1-22(20(24)25)12-6-7-13-23(22)21(26)27-14-19-17-10-4-2-8-15(17)16-9-3-5-11-18(16)19/h2-5,8-11,19H,6-7,12-14H2,1H3,(H,24,25). The maximum absolute atomic E-state index is 12.7. The van der Waals surface area contributed by atoms with Gasteiger partial charge in [0.05, 0.1) is 0 Å². The van der Waals surface area contributed by atoms with Gasteiger partial charge in [-0.05, 0) is 48.4 Å². The average Bonchev–Trinajstić information content (AvgIpc) is 3.00. The molecule has 2 aliphatic rings. The fourth-order valence-corrected chi connectivity index (χ4v) is 4.31. The summed E-state index contributed by atoms with van der Waals surface area (Å²) in [5.74, 6) is -1.00. The van der Waals surface area contributed by atoms with Crippen LogP contribution in [0.15, 0.2) is 48.5 Å². The number of nitrogens with zero attached hydrogens (tertiary/aromatic N) is 1. The lowest BCUT2D eigenvalue weighted by Crippen LogP contribution is -2.57. The van der Waals surface area contributed by atoms with Crippen molar-refractivity contribution in [3.8, 4) is 11.1 Å². The van der Waals surface area contributed by atoms with Gasteiger partial charge >= 0.3 is 12.1 Å². The summed E-state index contributed by atoms with van der Waals surface area (Å²) >= 11 is 0. The Balaban J connectivity index is 1.55. The average molecular weight is 365 g/mol. The Hall–Kier alpha value is -2.82. The summed E-state index contributed by atoms with van der Waals surface area (Å²) in [5, 5.41) is 9.61. The van der Waals surface area contributed by atoms with Crippen LogP contribution in [0.5, 0.6) is 0 Å². The van der Waals surface area contributed by atoms with Gasteiger partial charge < -0.3 is 9.84 Å². The molecule has 0 aromatic heterocycles. The van der Waals surface area contributed by atoms with Crippen LogP contribution in [-0.4, -0.2) is 40.8 Å². The third-order valence-electron chi connectivity index (χ3n) is 5.91. The van der Waals surface area contributed by atoms with Gasteiger partial charge in [-0.2, -0.15) is 0 Å². The van der Waals surface area contributed by atoms with Crippen molar-refractivity contribution in [2.24, 2.45) is 0 Å². The molecule has 2 aromatic carbocycles. The number of ether oxygens (including phenoxy) is 1. The van der Waals surface area contributed by atoms with Crippen molar-refractivity contribution in [1.82, 2.24) is 4.90 Å². The number of likely N-dealkylation sites (tertiary alicyclic amines) is 1. The van der Waals surface area contributed by atoms with Crippen LogP contribution in [0.1, 0.15) is 43.2 Å². The first kappa shape index (κ1) is 17.6. The molecule has 0 radical (unpaired) electrons. The second kappa shape index (κ2) is 6.72. The van der Waals surface area contributed by atoms with Crippen LogP contribution in [0.2, 0.25) is 0 Å². The maximum atomic E-state index is 12.7. The number of rotatable bonds is 3. The largest absolute Gasteiger partial charge is 0.480 e. The highest BCUT2D eigenvalue weighted by Gasteiger charge is 2.45. The third-order valence-corrected chi connectivity index (χ3v) is 5.91. The van der Waals surface area contributed by atoms with E-state index in [9.17, 15) is 14.7 Å². The Morgan fingerprint density at radius 2 is 1.67 bits per heavy atom. The van der Waals surface area contributed by atoms with Gasteiger partial charge in [-0.15, -0.1) is 0 Å².